The van der Waals surface area contributed by atoms with E-state index in [1.54, 1.807) is 12.1 Å². The Kier molecular flexibility index (Phi) is 5.91. The summed E-state index contributed by atoms with van der Waals surface area (Å²) in [5.74, 6) is -0.00229. The van der Waals surface area contributed by atoms with E-state index in [1.807, 2.05) is 31.2 Å². The van der Waals surface area contributed by atoms with Crippen molar-refractivity contribution in [3.05, 3.63) is 84.2 Å². The van der Waals surface area contributed by atoms with Crippen molar-refractivity contribution in [1.82, 2.24) is 0 Å². The van der Waals surface area contributed by atoms with Gasteiger partial charge in [-0.1, -0.05) is 48.5 Å². The van der Waals surface area contributed by atoms with Gasteiger partial charge in [-0.25, -0.2) is 4.39 Å². The standard InChI is InChI=1S/C20H23FO/c1-3-18(13-16-7-5-4-6-8-16)20(15(2)22)14-17-9-11-19(21)12-10-17/h3-12,15,18,20,22H,1,13-14H2,2H3/t15-,18-,20+/m0/s1. The van der Waals surface area contributed by atoms with E-state index in [1.165, 1.54) is 17.7 Å². The highest BCUT2D eigenvalue weighted by Gasteiger charge is 2.24. The summed E-state index contributed by atoms with van der Waals surface area (Å²) in [6.45, 7) is 5.76. The zero-order valence-electron chi connectivity index (χ0n) is 13.0. The number of aliphatic hydroxyl groups excluding tert-OH is 1. The number of allylic oxidation sites excluding steroid dienone is 1. The lowest BCUT2D eigenvalue weighted by atomic mass is 9.80. The molecule has 3 atom stereocenters. The Morgan fingerprint density at radius 3 is 2.14 bits per heavy atom. The van der Waals surface area contributed by atoms with E-state index in [4.69, 9.17) is 0 Å². The van der Waals surface area contributed by atoms with Crippen LogP contribution in [-0.4, -0.2) is 11.2 Å². The molecule has 0 aliphatic carbocycles. The second-order valence-electron chi connectivity index (χ2n) is 5.82. The smallest absolute Gasteiger partial charge is 0.123 e. The topological polar surface area (TPSA) is 20.2 Å². The lowest BCUT2D eigenvalue weighted by molar-refractivity contribution is 0.100. The van der Waals surface area contributed by atoms with E-state index in [0.29, 0.717) is 6.42 Å². The van der Waals surface area contributed by atoms with Crippen LogP contribution in [0.3, 0.4) is 0 Å². The van der Waals surface area contributed by atoms with Crippen LogP contribution in [0.1, 0.15) is 18.1 Å². The SMILES string of the molecule is C=C[C@@H](Cc1ccccc1)[C@H](Cc1ccc(F)cc1)[C@H](C)O. The second kappa shape index (κ2) is 7.90. The zero-order chi connectivity index (χ0) is 15.9. The fourth-order valence-corrected chi connectivity index (χ4v) is 2.87. The summed E-state index contributed by atoms with van der Waals surface area (Å²) < 4.78 is 13.0. The van der Waals surface area contributed by atoms with Gasteiger partial charge in [0.25, 0.3) is 0 Å². The molecule has 2 aromatic carbocycles. The number of hydrogen-bond donors (Lipinski definition) is 1. The molecule has 0 saturated heterocycles. The largest absolute Gasteiger partial charge is 0.393 e. The molecule has 0 bridgehead atoms. The predicted molar refractivity (Wildman–Crippen MR) is 89.1 cm³/mol. The molecule has 0 fully saturated rings. The highest BCUT2D eigenvalue weighted by molar-refractivity contribution is 5.19. The van der Waals surface area contributed by atoms with Gasteiger partial charge in [-0.05, 0) is 54.9 Å². The van der Waals surface area contributed by atoms with E-state index in [9.17, 15) is 9.50 Å². The van der Waals surface area contributed by atoms with Crippen molar-refractivity contribution in [2.75, 3.05) is 0 Å². The molecule has 0 aromatic heterocycles. The molecule has 0 unspecified atom stereocenters. The van der Waals surface area contributed by atoms with Gasteiger partial charge in [0.05, 0.1) is 6.10 Å². The predicted octanol–water partition coefficient (Wildman–Crippen LogP) is 4.41. The van der Waals surface area contributed by atoms with Gasteiger partial charge in [0.15, 0.2) is 0 Å². The van der Waals surface area contributed by atoms with Crippen LogP contribution in [0.15, 0.2) is 67.3 Å². The van der Waals surface area contributed by atoms with Crippen LogP contribution < -0.4 is 0 Å². The summed E-state index contributed by atoms with van der Waals surface area (Å²) >= 11 is 0. The van der Waals surface area contributed by atoms with Crippen molar-refractivity contribution in [2.24, 2.45) is 11.8 Å². The van der Waals surface area contributed by atoms with Gasteiger partial charge in [0.2, 0.25) is 0 Å². The van der Waals surface area contributed by atoms with Crippen LogP contribution in [-0.2, 0) is 12.8 Å². The number of hydrogen-bond acceptors (Lipinski definition) is 1. The monoisotopic (exact) mass is 298 g/mol. The molecule has 0 aliphatic rings. The summed E-state index contributed by atoms with van der Waals surface area (Å²) in [5.41, 5.74) is 2.27. The fraction of sp³-hybridized carbons (Fsp3) is 0.300. The van der Waals surface area contributed by atoms with Crippen LogP contribution in [0.5, 0.6) is 0 Å². The first-order valence-electron chi connectivity index (χ1n) is 7.69. The van der Waals surface area contributed by atoms with Crippen molar-refractivity contribution in [3.8, 4) is 0 Å². The summed E-state index contributed by atoms with van der Waals surface area (Å²) in [7, 11) is 0. The molecule has 0 aliphatic heterocycles. The van der Waals surface area contributed by atoms with Crippen molar-refractivity contribution in [3.63, 3.8) is 0 Å². The summed E-state index contributed by atoms with van der Waals surface area (Å²) in [4.78, 5) is 0. The number of rotatable bonds is 7. The highest BCUT2D eigenvalue weighted by atomic mass is 19.1. The average Bonchev–Trinajstić information content (AvgIpc) is 2.53. The first-order valence-corrected chi connectivity index (χ1v) is 7.69. The first-order chi connectivity index (χ1) is 10.6. The molecule has 0 amide bonds. The minimum absolute atomic E-state index is 0.0585. The molecule has 1 N–H and O–H groups in total. The lowest BCUT2D eigenvalue weighted by Gasteiger charge is -2.27. The third kappa shape index (κ3) is 4.54. The molecular formula is C20H23FO. The molecule has 2 heteroatoms. The van der Waals surface area contributed by atoms with Crippen molar-refractivity contribution < 1.29 is 9.50 Å². The Balaban J connectivity index is 2.14. The molecule has 0 heterocycles. The van der Waals surface area contributed by atoms with Gasteiger partial charge in [0, 0.05) is 0 Å². The molecule has 0 saturated carbocycles. The van der Waals surface area contributed by atoms with E-state index in [2.05, 4.69) is 18.7 Å². The third-order valence-corrected chi connectivity index (χ3v) is 4.17. The molecule has 0 spiro atoms. The van der Waals surface area contributed by atoms with Crippen LogP contribution in [0, 0.1) is 17.7 Å². The maximum atomic E-state index is 13.0. The Labute approximate surface area is 132 Å². The summed E-state index contributed by atoms with van der Waals surface area (Å²) in [6.07, 6.45) is 3.04. The average molecular weight is 298 g/mol. The fourth-order valence-electron chi connectivity index (χ4n) is 2.87. The maximum Gasteiger partial charge on any atom is 0.123 e. The number of halogens is 1. The molecule has 0 radical (unpaired) electrons. The molecule has 22 heavy (non-hydrogen) atoms. The Bertz CT molecular complexity index is 574. The summed E-state index contributed by atoms with van der Waals surface area (Å²) in [6, 6.07) is 16.7. The van der Waals surface area contributed by atoms with Crippen molar-refractivity contribution in [1.29, 1.82) is 0 Å². The normalized spacial score (nSPS) is 15.0. The van der Waals surface area contributed by atoms with Gasteiger partial charge in [-0.15, -0.1) is 6.58 Å². The molecule has 2 aromatic rings. The quantitative estimate of drug-likeness (QED) is 0.751. The number of benzene rings is 2. The van der Waals surface area contributed by atoms with Gasteiger partial charge in [-0.2, -0.15) is 0 Å². The van der Waals surface area contributed by atoms with E-state index >= 15 is 0 Å². The maximum absolute atomic E-state index is 13.0. The zero-order valence-corrected chi connectivity index (χ0v) is 13.0. The summed E-state index contributed by atoms with van der Waals surface area (Å²) in [5, 5.41) is 10.2. The Hall–Kier alpha value is -1.93. The van der Waals surface area contributed by atoms with Gasteiger partial charge >= 0.3 is 0 Å². The van der Waals surface area contributed by atoms with Crippen LogP contribution >= 0.6 is 0 Å². The second-order valence-corrected chi connectivity index (χ2v) is 5.82. The van der Waals surface area contributed by atoms with E-state index < -0.39 is 6.10 Å². The van der Waals surface area contributed by atoms with Crippen LogP contribution in [0.2, 0.25) is 0 Å². The minimum atomic E-state index is -0.447. The van der Waals surface area contributed by atoms with Crippen molar-refractivity contribution in [2.45, 2.75) is 25.9 Å². The van der Waals surface area contributed by atoms with Crippen LogP contribution in [0.4, 0.5) is 4.39 Å². The molecule has 1 nitrogen and oxygen atoms in total. The molecule has 2 rings (SSSR count). The third-order valence-electron chi connectivity index (χ3n) is 4.17. The van der Waals surface area contributed by atoms with Gasteiger partial charge in [0.1, 0.15) is 5.82 Å². The van der Waals surface area contributed by atoms with Gasteiger partial charge < -0.3 is 5.11 Å². The number of aliphatic hydroxyl groups is 1. The molecule has 116 valence electrons. The lowest BCUT2D eigenvalue weighted by Crippen LogP contribution is -2.28. The molecular weight excluding hydrogens is 275 g/mol. The minimum Gasteiger partial charge on any atom is -0.393 e. The van der Waals surface area contributed by atoms with Crippen molar-refractivity contribution >= 4 is 0 Å². The van der Waals surface area contributed by atoms with E-state index in [-0.39, 0.29) is 17.7 Å². The first kappa shape index (κ1) is 16.4. The highest BCUT2D eigenvalue weighted by Crippen LogP contribution is 2.26. The Morgan fingerprint density at radius 2 is 1.59 bits per heavy atom. The van der Waals surface area contributed by atoms with Gasteiger partial charge in [-0.3, -0.25) is 0 Å². The van der Waals surface area contributed by atoms with E-state index in [0.717, 1.165) is 12.0 Å². The van der Waals surface area contributed by atoms with Crippen LogP contribution in [0.25, 0.3) is 0 Å². The Morgan fingerprint density at radius 1 is 1.00 bits per heavy atom.